The number of nitrogens with zero attached hydrogens (tertiary/aromatic N) is 1. The number of anilines is 1. The van der Waals surface area contributed by atoms with Gasteiger partial charge in [-0.25, -0.2) is 4.98 Å². The molecule has 0 bridgehead atoms. The van der Waals surface area contributed by atoms with Crippen molar-refractivity contribution in [1.82, 2.24) is 4.98 Å². The molecule has 0 aliphatic carbocycles. The van der Waals surface area contributed by atoms with Gasteiger partial charge in [-0.15, -0.1) is 11.3 Å². The molecule has 2 unspecified atom stereocenters. The minimum atomic E-state index is -0.587. The molecule has 0 aromatic carbocycles. The maximum Gasteiger partial charge on any atom is 0.228 e. The van der Waals surface area contributed by atoms with Crippen molar-refractivity contribution in [3.8, 4) is 0 Å². The van der Waals surface area contributed by atoms with Gasteiger partial charge in [0.05, 0.1) is 11.8 Å². The van der Waals surface area contributed by atoms with E-state index in [1.54, 1.807) is 12.3 Å². The smallest absolute Gasteiger partial charge is 0.228 e. The van der Waals surface area contributed by atoms with Crippen molar-refractivity contribution in [3.63, 3.8) is 0 Å². The van der Waals surface area contributed by atoms with E-state index in [-0.39, 0.29) is 11.8 Å². The summed E-state index contributed by atoms with van der Waals surface area (Å²) in [5.74, 6) is -0.0344. The predicted molar refractivity (Wildman–Crippen MR) is 60.8 cm³/mol. The molecule has 0 saturated heterocycles. The second-order valence-electron chi connectivity index (χ2n) is 3.55. The molecule has 2 atom stereocenters. The maximum absolute atomic E-state index is 11.5. The Morgan fingerprint density at radius 3 is 2.80 bits per heavy atom. The van der Waals surface area contributed by atoms with Crippen LogP contribution < -0.4 is 5.32 Å². The normalized spacial score (nSPS) is 14.7. The van der Waals surface area contributed by atoms with Gasteiger partial charge in [0.25, 0.3) is 0 Å². The van der Waals surface area contributed by atoms with Crippen LogP contribution >= 0.6 is 11.3 Å². The van der Waals surface area contributed by atoms with Gasteiger partial charge < -0.3 is 10.4 Å². The van der Waals surface area contributed by atoms with Gasteiger partial charge in [-0.3, -0.25) is 4.79 Å². The highest BCUT2D eigenvalue weighted by Crippen LogP contribution is 2.20. The monoisotopic (exact) mass is 228 g/mol. The molecule has 2 N–H and O–H groups in total. The van der Waals surface area contributed by atoms with Crippen LogP contribution in [0.1, 0.15) is 39.0 Å². The Balaban J connectivity index is 2.61. The molecule has 0 fully saturated rings. The van der Waals surface area contributed by atoms with Crippen molar-refractivity contribution < 1.29 is 9.90 Å². The summed E-state index contributed by atoms with van der Waals surface area (Å²) in [5.41, 5.74) is 0.597. The molecule has 1 amide bonds. The van der Waals surface area contributed by atoms with Crippen LogP contribution in [-0.4, -0.2) is 16.0 Å². The zero-order chi connectivity index (χ0) is 11.4. The average Bonchev–Trinajstić information content (AvgIpc) is 2.65. The third kappa shape index (κ3) is 3.28. The lowest BCUT2D eigenvalue weighted by Crippen LogP contribution is -2.19. The molecule has 0 saturated carbocycles. The van der Waals surface area contributed by atoms with Crippen molar-refractivity contribution in [2.45, 2.75) is 33.3 Å². The molecule has 4 nitrogen and oxygen atoms in total. The summed E-state index contributed by atoms with van der Waals surface area (Å²) in [6.07, 6.45) is 0.219. The number of thiazole rings is 1. The Morgan fingerprint density at radius 2 is 2.33 bits per heavy atom. The summed E-state index contributed by atoms with van der Waals surface area (Å²) in [6.45, 7) is 5.49. The number of carbonyl (C=O) groups is 1. The van der Waals surface area contributed by atoms with E-state index in [0.29, 0.717) is 10.8 Å². The van der Waals surface area contributed by atoms with Crippen LogP contribution in [0, 0.1) is 5.92 Å². The summed E-state index contributed by atoms with van der Waals surface area (Å²) in [5, 5.41) is 14.3. The van der Waals surface area contributed by atoms with Crippen molar-refractivity contribution in [2.75, 3.05) is 5.32 Å². The van der Waals surface area contributed by atoms with E-state index >= 15 is 0 Å². The topological polar surface area (TPSA) is 62.2 Å². The summed E-state index contributed by atoms with van der Waals surface area (Å²) in [4.78, 5) is 15.6. The highest BCUT2D eigenvalue weighted by Gasteiger charge is 2.13. The average molecular weight is 228 g/mol. The fraction of sp³-hybridized carbons (Fsp3) is 0.600. The van der Waals surface area contributed by atoms with Gasteiger partial charge in [0.2, 0.25) is 5.91 Å². The second-order valence-corrected chi connectivity index (χ2v) is 4.41. The molecule has 1 aromatic heterocycles. The zero-order valence-electron chi connectivity index (χ0n) is 9.15. The Labute approximate surface area is 93.4 Å². The Hall–Kier alpha value is -0.940. The van der Waals surface area contributed by atoms with E-state index in [4.69, 9.17) is 0 Å². The van der Waals surface area contributed by atoms with E-state index in [1.165, 1.54) is 11.3 Å². The lowest BCUT2D eigenvalue weighted by Gasteiger charge is -2.06. The van der Waals surface area contributed by atoms with Gasteiger partial charge in [-0.05, 0) is 13.3 Å². The van der Waals surface area contributed by atoms with Crippen LogP contribution in [0.5, 0.6) is 0 Å². The fourth-order valence-corrected chi connectivity index (χ4v) is 1.75. The van der Waals surface area contributed by atoms with Crippen LogP contribution in [0.15, 0.2) is 5.38 Å². The van der Waals surface area contributed by atoms with E-state index in [9.17, 15) is 9.90 Å². The molecule has 1 heterocycles. The third-order valence-corrected chi connectivity index (χ3v) is 3.02. The SMILES string of the molecule is CCC(C)C(=O)Nc1nc(C(C)O)cs1. The third-order valence-electron chi connectivity index (χ3n) is 2.24. The lowest BCUT2D eigenvalue weighted by molar-refractivity contribution is -0.119. The molecule has 1 rings (SSSR count). The largest absolute Gasteiger partial charge is 0.387 e. The van der Waals surface area contributed by atoms with Gasteiger partial charge >= 0.3 is 0 Å². The predicted octanol–water partition coefficient (Wildman–Crippen LogP) is 2.18. The second kappa shape index (κ2) is 5.23. The molecule has 1 aromatic rings. The van der Waals surface area contributed by atoms with E-state index in [2.05, 4.69) is 10.3 Å². The molecular weight excluding hydrogens is 212 g/mol. The number of carbonyl (C=O) groups excluding carboxylic acids is 1. The highest BCUT2D eigenvalue weighted by molar-refractivity contribution is 7.13. The first-order chi connectivity index (χ1) is 7.04. The van der Waals surface area contributed by atoms with Gasteiger partial charge in [-0.2, -0.15) is 0 Å². The summed E-state index contributed by atoms with van der Waals surface area (Å²) in [6, 6.07) is 0. The zero-order valence-corrected chi connectivity index (χ0v) is 9.97. The number of amides is 1. The standard InChI is InChI=1S/C10H16N2O2S/c1-4-6(2)9(14)12-10-11-8(5-15-10)7(3)13/h5-7,13H,4H2,1-3H3,(H,11,12,14). The van der Waals surface area contributed by atoms with Crippen LogP contribution in [-0.2, 0) is 4.79 Å². The first-order valence-electron chi connectivity index (χ1n) is 4.99. The number of aliphatic hydroxyl groups excluding tert-OH is 1. The van der Waals surface area contributed by atoms with Gasteiger partial charge in [0.1, 0.15) is 0 Å². The summed E-state index contributed by atoms with van der Waals surface area (Å²) < 4.78 is 0. The number of rotatable bonds is 4. The lowest BCUT2D eigenvalue weighted by atomic mass is 10.1. The summed E-state index contributed by atoms with van der Waals surface area (Å²) >= 11 is 1.33. The number of nitrogens with one attached hydrogen (secondary N) is 1. The Kier molecular flexibility index (Phi) is 4.23. The van der Waals surface area contributed by atoms with Crippen LogP contribution in [0.3, 0.4) is 0 Å². The number of hydrogen-bond acceptors (Lipinski definition) is 4. The molecule has 5 heteroatoms. The van der Waals surface area contributed by atoms with Crippen LogP contribution in [0.2, 0.25) is 0 Å². The molecule has 0 radical (unpaired) electrons. The molecule has 0 aliphatic rings. The minimum absolute atomic E-state index is 0.0103. The van der Waals surface area contributed by atoms with Crippen molar-refractivity contribution in [3.05, 3.63) is 11.1 Å². The molecule has 84 valence electrons. The molecule has 15 heavy (non-hydrogen) atoms. The minimum Gasteiger partial charge on any atom is -0.387 e. The Morgan fingerprint density at radius 1 is 1.67 bits per heavy atom. The molecular formula is C10H16N2O2S. The van der Waals surface area contributed by atoms with Gasteiger partial charge in [-0.1, -0.05) is 13.8 Å². The molecule has 0 aliphatic heterocycles. The van der Waals surface area contributed by atoms with Gasteiger partial charge in [0, 0.05) is 11.3 Å². The van der Waals surface area contributed by atoms with Crippen LogP contribution in [0.4, 0.5) is 5.13 Å². The maximum atomic E-state index is 11.5. The molecule has 0 spiro atoms. The summed E-state index contributed by atoms with van der Waals surface area (Å²) in [7, 11) is 0. The number of aromatic nitrogens is 1. The first-order valence-corrected chi connectivity index (χ1v) is 5.87. The van der Waals surface area contributed by atoms with E-state index in [0.717, 1.165) is 6.42 Å². The van der Waals surface area contributed by atoms with Crippen LogP contribution in [0.25, 0.3) is 0 Å². The van der Waals surface area contributed by atoms with E-state index in [1.807, 2.05) is 13.8 Å². The van der Waals surface area contributed by atoms with E-state index < -0.39 is 6.10 Å². The quantitative estimate of drug-likeness (QED) is 0.830. The van der Waals surface area contributed by atoms with Crippen molar-refractivity contribution >= 4 is 22.4 Å². The van der Waals surface area contributed by atoms with Crippen molar-refractivity contribution in [1.29, 1.82) is 0 Å². The number of hydrogen-bond donors (Lipinski definition) is 2. The first kappa shape index (κ1) is 12.1. The highest BCUT2D eigenvalue weighted by atomic mass is 32.1. The number of aliphatic hydroxyl groups is 1. The Bertz CT molecular complexity index is 336. The van der Waals surface area contributed by atoms with Crippen molar-refractivity contribution in [2.24, 2.45) is 5.92 Å². The van der Waals surface area contributed by atoms with Gasteiger partial charge in [0.15, 0.2) is 5.13 Å². The fourth-order valence-electron chi connectivity index (χ4n) is 0.949.